The molecule has 9 aromatic carbocycles. The number of hydrogen-bond donors (Lipinski definition) is 0. The van der Waals surface area contributed by atoms with Crippen molar-refractivity contribution in [2.24, 2.45) is 0 Å². The van der Waals surface area contributed by atoms with Crippen molar-refractivity contribution in [1.82, 2.24) is 19.1 Å². The summed E-state index contributed by atoms with van der Waals surface area (Å²) in [6.07, 6.45) is 1.82. The van der Waals surface area contributed by atoms with Gasteiger partial charge in [0.25, 0.3) is 0 Å². The maximum absolute atomic E-state index is 12.7. The number of aromatic nitrogens is 4. The van der Waals surface area contributed by atoms with Crippen LogP contribution in [0.25, 0.3) is 99.9 Å². The zero-order valence-electron chi connectivity index (χ0n) is 53.6. The molecular formula is C80H74BFIrN4OS-2. The fourth-order valence-electron chi connectivity index (χ4n) is 13.4. The van der Waals surface area contributed by atoms with E-state index in [1.54, 1.807) is 6.07 Å². The number of imidazole rings is 1. The third kappa shape index (κ3) is 10.2. The van der Waals surface area contributed by atoms with Crippen LogP contribution >= 0.6 is 11.8 Å². The average molecular weight is 1360 g/mol. The van der Waals surface area contributed by atoms with E-state index in [0.29, 0.717) is 11.8 Å². The summed E-state index contributed by atoms with van der Waals surface area (Å²) >= 11 is 1.93. The van der Waals surface area contributed by atoms with Gasteiger partial charge in [0.1, 0.15) is 5.58 Å². The Hall–Kier alpha value is -7.81. The molecule has 2 aliphatic rings. The molecule has 0 bridgehead atoms. The fraction of sp³-hybridized carbons (Fsp3) is 0.250. The second-order valence-electron chi connectivity index (χ2n) is 28.3. The van der Waals surface area contributed by atoms with E-state index in [2.05, 4.69) is 244 Å². The molecule has 0 saturated carbocycles. The normalized spacial score (nSPS) is 13.0. The van der Waals surface area contributed by atoms with E-state index in [1.165, 1.54) is 110 Å². The molecule has 0 fully saturated rings. The van der Waals surface area contributed by atoms with Crippen LogP contribution in [-0.4, -0.2) is 25.8 Å². The van der Waals surface area contributed by atoms with E-state index >= 15 is 0 Å². The molecule has 4 aromatic heterocycles. The van der Waals surface area contributed by atoms with Crippen molar-refractivity contribution in [3.8, 4) is 45.1 Å². The number of para-hydroxylation sites is 3. The van der Waals surface area contributed by atoms with Crippen molar-refractivity contribution < 1.29 is 28.9 Å². The number of aryl methyl sites for hydroxylation is 2. The van der Waals surface area contributed by atoms with Gasteiger partial charge in [-0.1, -0.05) is 197 Å². The monoisotopic (exact) mass is 1360 g/mol. The largest absolute Gasteiger partial charge is 0.501 e. The van der Waals surface area contributed by atoms with E-state index in [0.717, 1.165) is 66.7 Å². The van der Waals surface area contributed by atoms with Gasteiger partial charge >= 0.3 is 0 Å². The summed E-state index contributed by atoms with van der Waals surface area (Å²) in [6.45, 7) is 34.4. The number of fused-ring (bicyclic) bond motifs is 11. The zero-order valence-corrected chi connectivity index (χ0v) is 56.8. The first-order valence-electron chi connectivity index (χ1n) is 31.1. The molecule has 5 nitrogen and oxygen atoms in total. The standard InChI is InChI=1S/C67H63BN3OS.C13H11FN.Ir/c1-37(2)44-18-16-19-45(38(3)4)61(44)71-55-23-15-14-22-53(55)69-64(71)48-21-17-20-47-46-27-24-39(31-57(46)72-63(47)48)40-30-56-60-59(32-40)73-58-29-26-42(66(8,9)10)35-51(58)68(60)52-36-43(67(11,12)13)34-50-49-33-41(65(5,6)7)25-28-54(49)70(56)62(50)52;1-9-7-13(15-8-10(9)2)11-3-5-12(14)6-4-11;/h14-20,22-38H,1-13H3;3,5-8H,1-2H3;/q2*-1;. The molecule has 0 atom stereocenters. The molecular weight excluding hydrogens is 1290 g/mol. The van der Waals surface area contributed by atoms with Crippen molar-refractivity contribution in [2.45, 2.75) is 142 Å². The van der Waals surface area contributed by atoms with E-state index < -0.39 is 0 Å². The Labute approximate surface area is 541 Å². The van der Waals surface area contributed by atoms with Gasteiger partial charge in [0.05, 0.1) is 28.0 Å². The number of rotatable bonds is 6. The number of pyridine rings is 1. The molecule has 0 aliphatic carbocycles. The first-order valence-corrected chi connectivity index (χ1v) is 32.0. The van der Waals surface area contributed by atoms with Gasteiger partial charge in [-0.05, 0) is 158 Å². The van der Waals surface area contributed by atoms with Gasteiger partial charge in [-0.3, -0.25) is 9.37 Å². The first-order chi connectivity index (χ1) is 41.9. The predicted octanol–water partition coefficient (Wildman–Crippen LogP) is 19.9. The summed E-state index contributed by atoms with van der Waals surface area (Å²) < 4.78 is 24.8. The molecule has 9 heteroatoms. The van der Waals surface area contributed by atoms with Gasteiger partial charge in [0.2, 0.25) is 6.71 Å². The van der Waals surface area contributed by atoms with Crippen LogP contribution in [0.4, 0.5) is 4.39 Å². The van der Waals surface area contributed by atoms with Crippen LogP contribution in [0.5, 0.6) is 0 Å². The van der Waals surface area contributed by atoms with Crippen LogP contribution in [0.1, 0.15) is 141 Å². The molecule has 15 rings (SSSR count). The summed E-state index contributed by atoms with van der Waals surface area (Å²) in [5, 5.41) is 4.80. The van der Waals surface area contributed by atoms with Gasteiger partial charge in [0, 0.05) is 75.0 Å². The molecule has 0 unspecified atom stereocenters. The number of nitrogens with zero attached hydrogens (tertiary/aromatic N) is 4. The molecule has 6 heterocycles. The van der Waals surface area contributed by atoms with E-state index in [9.17, 15) is 4.39 Å². The van der Waals surface area contributed by atoms with E-state index in [-0.39, 0.29) is 48.9 Å². The van der Waals surface area contributed by atoms with Gasteiger partial charge in [0.15, 0.2) is 0 Å². The summed E-state index contributed by atoms with van der Waals surface area (Å²) in [6, 6.07) is 63.7. The molecule has 447 valence electrons. The summed E-state index contributed by atoms with van der Waals surface area (Å²) in [5.41, 5.74) is 26.8. The Balaban J connectivity index is 0.000000399. The Bertz CT molecular complexity index is 4980. The van der Waals surface area contributed by atoms with Crippen molar-refractivity contribution in [3.63, 3.8) is 0 Å². The van der Waals surface area contributed by atoms with E-state index in [4.69, 9.17) is 9.40 Å². The Morgan fingerprint density at radius 2 is 1.28 bits per heavy atom. The second-order valence-corrected chi connectivity index (χ2v) is 29.4. The second kappa shape index (κ2) is 22.0. The van der Waals surface area contributed by atoms with Crippen molar-refractivity contribution >= 4 is 89.6 Å². The fourth-order valence-corrected chi connectivity index (χ4v) is 14.6. The van der Waals surface area contributed by atoms with Gasteiger partial charge in [-0.2, -0.15) is 0 Å². The summed E-state index contributed by atoms with van der Waals surface area (Å²) in [7, 11) is 0. The molecule has 1 radical (unpaired) electrons. The third-order valence-corrected chi connectivity index (χ3v) is 19.7. The van der Waals surface area contributed by atoms with Gasteiger partial charge < -0.3 is 18.5 Å². The van der Waals surface area contributed by atoms with Gasteiger partial charge in [-0.25, -0.2) is 0 Å². The minimum atomic E-state index is -0.275. The maximum Gasteiger partial charge on any atom is 0.249 e. The van der Waals surface area contributed by atoms with Crippen molar-refractivity contribution in [3.05, 3.63) is 221 Å². The number of benzene rings is 9. The molecule has 13 aromatic rings. The summed E-state index contributed by atoms with van der Waals surface area (Å²) in [4.78, 5) is 12.3. The molecule has 0 N–H and O–H groups in total. The third-order valence-electron chi connectivity index (χ3n) is 18.5. The number of furan rings is 1. The molecule has 0 amide bonds. The Kier molecular flexibility index (Phi) is 14.9. The first kappa shape index (κ1) is 60.1. The Morgan fingerprint density at radius 3 is 1.98 bits per heavy atom. The van der Waals surface area contributed by atoms with Crippen LogP contribution in [0.15, 0.2) is 178 Å². The van der Waals surface area contributed by atoms with Crippen LogP contribution < -0.4 is 16.4 Å². The number of halogens is 1. The topological polar surface area (TPSA) is 48.8 Å². The zero-order chi connectivity index (χ0) is 61.6. The SMILES string of the molecule is CC(C)c1cccc(C(C)C)c1-n1c(-c2[c-]ccc3c2oc2cc(-c4cc5c6c(c4)-n4c7ccc(C(C)(C)C)cc7c7cc(C(C)(C)C)cc(c74)B6c4cc(C(C)(C)C)ccc4S5)ccc23)nc2ccccc21.Cc1cnc(-c2[c-]cc(F)cc2)cc1C.[Ir]. The molecule has 0 spiro atoms. The van der Waals surface area contributed by atoms with Crippen molar-refractivity contribution in [1.29, 1.82) is 0 Å². The smallest absolute Gasteiger partial charge is 0.249 e. The average Bonchev–Trinajstić information content (AvgIpc) is 1.63. The van der Waals surface area contributed by atoms with Gasteiger partial charge in [-0.15, -0.1) is 48.0 Å². The summed E-state index contributed by atoms with van der Waals surface area (Å²) in [5.74, 6) is 1.18. The quantitative estimate of drug-likeness (QED) is 0.123. The number of hydrogen-bond acceptors (Lipinski definition) is 4. The minimum absolute atomic E-state index is 0. The van der Waals surface area contributed by atoms with Crippen LogP contribution in [0, 0.1) is 31.8 Å². The van der Waals surface area contributed by atoms with E-state index in [1.807, 2.05) is 43.9 Å². The van der Waals surface area contributed by atoms with Crippen molar-refractivity contribution in [2.75, 3.05) is 0 Å². The Morgan fingerprint density at radius 1 is 0.584 bits per heavy atom. The van der Waals surface area contributed by atoms with Crippen LogP contribution in [-0.2, 0) is 36.4 Å². The van der Waals surface area contributed by atoms with Crippen LogP contribution in [0.3, 0.4) is 0 Å². The maximum atomic E-state index is 12.7. The molecule has 2 aliphatic heterocycles. The predicted molar refractivity (Wildman–Crippen MR) is 370 cm³/mol. The molecule has 89 heavy (non-hydrogen) atoms. The molecule has 0 saturated heterocycles. The van der Waals surface area contributed by atoms with Crippen LogP contribution in [0.2, 0.25) is 0 Å². The minimum Gasteiger partial charge on any atom is -0.501 e.